The van der Waals surface area contributed by atoms with Gasteiger partial charge in [-0.2, -0.15) is 0 Å². The molecule has 8 nitrogen and oxygen atoms in total. The summed E-state index contributed by atoms with van der Waals surface area (Å²) in [6.45, 7) is 2.77. The average molecular weight is 465 g/mol. The molecule has 0 spiro atoms. The molecule has 1 aromatic heterocycles. The molecule has 0 saturated carbocycles. The van der Waals surface area contributed by atoms with E-state index >= 15 is 0 Å². The van der Waals surface area contributed by atoms with Crippen molar-refractivity contribution in [2.45, 2.75) is 37.8 Å². The van der Waals surface area contributed by atoms with Crippen molar-refractivity contribution in [2.75, 3.05) is 40.4 Å². The molecule has 1 unspecified atom stereocenters. The number of carbonyl (C=O) groups excluding carboxylic acids is 1. The highest BCUT2D eigenvalue weighted by Crippen LogP contribution is 2.39. The molecule has 3 aromatic rings. The predicted molar refractivity (Wildman–Crippen MR) is 131 cm³/mol. The van der Waals surface area contributed by atoms with Gasteiger partial charge in [0.25, 0.3) is 0 Å². The molecule has 8 heteroatoms. The van der Waals surface area contributed by atoms with Crippen LogP contribution in [0.1, 0.15) is 43.3 Å². The largest absolute Gasteiger partial charge is 0.497 e. The van der Waals surface area contributed by atoms with Crippen LogP contribution < -0.4 is 15.2 Å². The number of nitrogens with one attached hydrogen (secondary N) is 1. The Kier molecular flexibility index (Phi) is 6.32. The van der Waals surface area contributed by atoms with E-state index in [1.54, 1.807) is 14.2 Å². The first-order valence-electron chi connectivity index (χ1n) is 12.0. The second-order valence-corrected chi connectivity index (χ2v) is 9.18. The van der Waals surface area contributed by atoms with E-state index in [0.29, 0.717) is 6.54 Å². The fourth-order valence-corrected chi connectivity index (χ4v) is 5.54. The number of nitrogens with zero attached hydrogens (tertiary/aromatic N) is 3. The molecule has 0 bridgehead atoms. The second-order valence-electron chi connectivity index (χ2n) is 9.18. The molecule has 2 aliphatic rings. The Morgan fingerprint density at radius 2 is 1.82 bits per heavy atom. The number of aromatic nitrogens is 2. The van der Waals surface area contributed by atoms with E-state index in [9.17, 15) is 9.59 Å². The molecular formula is C26H32N4O4. The van der Waals surface area contributed by atoms with E-state index in [1.165, 1.54) is 0 Å². The zero-order chi connectivity index (χ0) is 23.7. The molecule has 1 N–H and O–H groups in total. The quantitative estimate of drug-likeness (QED) is 0.605. The first-order chi connectivity index (χ1) is 16.6. The van der Waals surface area contributed by atoms with Gasteiger partial charge in [-0.05, 0) is 49.9 Å². The standard InChI is InChI=1S/C26H32N4O4/c1-33-19-9-10-20(24(16-19)34-2)22-8-5-13-29(22)25(31)17-28-14-11-18(12-15-28)30-23-7-4-3-6-21(23)27-26(30)32/h3-4,6-7,9-10,16,18,22H,5,8,11-15,17H2,1-2H3,(H,27,32). The lowest BCUT2D eigenvalue weighted by atomic mass is 10.0. The van der Waals surface area contributed by atoms with Gasteiger partial charge in [-0.3, -0.25) is 14.3 Å². The lowest BCUT2D eigenvalue weighted by molar-refractivity contribution is -0.133. The fraction of sp³-hybridized carbons (Fsp3) is 0.462. The molecule has 34 heavy (non-hydrogen) atoms. The highest BCUT2D eigenvalue weighted by atomic mass is 16.5. The van der Waals surface area contributed by atoms with E-state index in [1.807, 2.05) is 51.9 Å². The Morgan fingerprint density at radius 3 is 2.59 bits per heavy atom. The number of hydrogen-bond donors (Lipinski definition) is 1. The molecule has 1 atom stereocenters. The summed E-state index contributed by atoms with van der Waals surface area (Å²) in [5.41, 5.74) is 2.81. The number of piperidine rings is 1. The summed E-state index contributed by atoms with van der Waals surface area (Å²) in [5.74, 6) is 1.66. The van der Waals surface area contributed by atoms with Crippen molar-refractivity contribution in [3.63, 3.8) is 0 Å². The number of fused-ring (bicyclic) bond motifs is 1. The topological polar surface area (TPSA) is 79.8 Å². The maximum atomic E-state index is 13.3. The van der Waals surface area contributed by atoms with Gasteiger partial charge in [-0.1, -0.05) is 12.1 Å². The van der Waals surface area contributed by atoms with Crippen LogP contribution in [0, 0.1) is 0 Å². The molecule has 2 saturated heterocycles. The smallest absolute Gasteiger partial charge is 0.326 e. The maximum Gasteiger partial charge on any atom is 0.326 e. The van der Waals surface area contributed by atoms with Crippen molar-refractivity contribution in [1.82, 2.24) is 19.4 Å². The molecule has 2 fully saturated rings. The average Bonchev–Trinajstić information content (AvgIpc) is 3.48. The number of rotatable bonds is 6. The van der Waals surface area contributed by atoms with Crippen LogP contribution in [0.2, 0.25) is 0 Å². The first-order valence-corrected chi connectivity index (χ1v) is 12.0. The lowest BCUT2D eigenvalue weighted by Gasteiger charge is -2.34. The van der Waals surface area contributed by atoms with Gasteiger partial charge < -0.3 is 19.4 Å². The molecule has 1 amide bonds. The van der Waals surface area contributed by atoms with Crippen molar-refractivity contribution in [3.05, 3.63) is 58.5 Å². The summed E-state index contributed by atoms with van der Waals surface area (Å²) >= 11 is 0. The van der Waals surface area contributed by atoms with Crippen LogP contribution in [-0.4, -0.2) is 65.7 Å². The molecule has 5 rings (SSSR count). The number of hydrogen-bond acceptors (Lipinski definition) is 5. The number of methoxy groups -OCH3 is 2. The van der Waals surface area contributed by atoms with Crippen molar-refractivity contribution in [1.29, 1.82) is 0 Å². The molecule has 180 valence electrons. The molecule has 2 aromatic carbocycles. The number of amides is 1. The zero-order valence-electron chi connectivity index (χ0n) is 19.8. The Labute approximate surface area is 199 Å². The van der Waals surface area contributed by atoms with Gasteiger partial charge >= 0.3 is 5.69 Å². The van der Waals surface area contributed by atoms with Crippen LogP contribution in [0.5, 0.6) is 11.5 Å². The van der Waals surface area contributed by atoms with Crippen LogP contribution in [-0.2, 0) is 4.79 Å². The number of imidazole rings is 1. The monoisotopic (exact) mass is 464 g/mol. The lowest BCUT2D eigenvalue weighted by Crippen LogP contribution is -2.44. The fourth-order valence-electron chi connectivity index (χ4n) is 5.54. The third kappa shape index (κ3) is 4.18. The van der Waals surface area contributed by atoms with Crippen molar-refractivity contribution >= 4 is 16.9 Å². The molecule has 3 heterocycles. The minimum Gasteiger partial charge on any atom is -0.497 e. The van der Waals surface area contributed by atoms with Crippen LogP contribution in [0.15, 0.2) is 47.3 Å². The van der Waals surface area contributed by atoms with E-state index in [0.717, 1.165) is 73.4 Å². The number of H-pyrrole nitrogens is 1. The van der Waals surface area contributed by atoms with Gasteiger partial charge in [0.15, 0.2) is 0 Å². The number of benzene rings is 2. The minimum absolute atomic E-state index is 0.0238. The summed E-state index contributed by atoms with van der Waals surface area (Å²) in [6, 6.07) is 13.8. The normalized spacial score (nSPS) is 19.6. The van der Waals surface area contributed by atoms with E-state index < -0.39 is 0 Å². The zero-order valence-corrected chi connectivity index (χ0v) is 19.8. The number of likely N-dealkylation sites (tertiary alicyclic amines) is 2. The first kappa shape index (κ1) is 22.5. The van der Waals surface area contributed by atoms with Crippen molar-refractivity contribution in [2.24, 2.45) is 0 Å². The summed E-state index contributed by atoms with van der Waals surface area (Å²) in [4.78, 5) is 33.0. The highest BCUT2D eigenvalue weighted by Gasteiger charge is 2.33. The molecule has 0 radical (unpaired) electrons. The second kappa shape index (κ2) is 9.54. The van der Waals surface area contributed by atoms with Gasteiger partial charge in [0.1, 0.15) is 11.5 Å². The van der Waals surface area contributed by atoms with Crippen LogP contribution in [0.25, 0.3) is 11.0 Å². The van der Waals surface area contributed by atoms with E-state index in [-0.39, 0.29) is 23.7 Å². The van der Waals surface area contributed by atoms with Gasteiger partial charge in [0.2, 0.25) is 5.91 Å². The van der Waals surface area contributed by atoms with Gasteiger partial charge in [0, 0.05) is 37.3 Å². The Bertz CT molecular complexity index is 1230. The summed E-state index contributed by atoms with van der Waals surface area (Å²) in [5, 5.41) is 0. The SMILES string of the molecule is COc1ccc(C2CCCN2C(=O)CN2CCC(n3c(=O)[nH]c4ccccc43)CC2)c(OC)c1. The van der Waals surface area contributed by atoms with Crippen molar-refractivity contribution in [3.8, 4) is 11.5 Å². The van der Waals surface area contributed by atoms with Crippen LogP contribution in [0.4, 0.5) is 0 Å². The van der Waals surface area contributed by atoms with Crippen LogP contribution in [0.3, 0.4) is 0 Å². The Hall–Kier alpha value is -3.26. The minimum atomic E-state index is -0.0518. The van der Waals surface area contributed by atoms with Crippen molar-refractivity contribution < 1.29 is 14.3 Å². The predicted octanol–water partition coefficient (Wildman–Crippen LogP) is 3.35. The van der Waals surface area contributed by atoms with E-state index in [4.69, 9.17) is 9.47 Å². The number of para-hydroxylation sites is 2. The van der Waals surface area contributed by atoms with Gasteiger partial charge in [-0.25, -0.2) is 4.79 Å². The Morgan fingerprint density at radius 1 is 1.03 bits per heavy atom. The summed E-state index contributed by atoms with van der Waals surface area (Å²) in [6.07, 6.45) is 3.62. The molecular weight excluding hydrogens is 432 g/mol. The third-order valence-corrected chi connectivity index (χ3v) is 7.28. The number of ether oxygens (including phenoxy) is 2. The van der Waals surface area contributed by atoms with Gasteiger partial charge in [-0.15, -0.1) is 0 Å². The number of carbonyl (C=O) groups is 1. The highest BCUT2D eigenvalue weighted by molar-refractivity contribution is 5.79. The molecule has 0 aliphatic carbocycles. The maximum absolute atomic E-state index is 13.3. The summed E-state index contributed by atoms with van der Waals surface area (Å²) in [7, 11) is 3.29. The van der Waals surface area contributed by atoms with E-state index in [2.05, 4.69) is 9.88 Å². The third-order valence-electron chi connectivity index (χ3n) is 7.28. The Balaban J connectivity index is 1.24. The van der Waals surface area contributed by atoms with Gasteiger partial charge in [0.05, 0.1) is 37.8 Å². The summed E-state index contributed by atoms with van der Waals surface area (Å²) < 4.78 is 12.8. The molecule has 2 aliphatic heterocycles. The number of aromatic amines is 1. The van der Waals surface area contributed by atoms with Crippen LogP contribution >= 0.6 is 0 Å².